The van der Waals surface area contributed by atoms with Gasteiger partial charge in [0.05, 0.1) is 0 Å². The van der Waals surface area contributed by atoms with Gasteiger partial charge in [-0.3, -0.25) is 0 Å². The third kappa shape index (κ3) is 2.79. The van der Waals surface area contributed by atoms with E-state index in [1.807, 2.05) is 45.9 Å². The maximum Gasteiger partial charge on any atom is 0.223 e. The van der Waals surface area contributed by atoms with Crippen molar-refractivity contribution in [2.45, 2.75) is 39.4 Å². The molecule has 0 amide bonds. The summed E-state index contributed by atoms with van der Waals surface area (Å²) in [6.45, 7) is 7.67. The molecular weight excluding hydrogens is 274 g/mol. The van der Waals surface area contributed by atoms with Crippen molar-refractivity contribution in [3.63, 3.8) is 0 Å². The van der Waals surface area contributed by atoms with Crippen molar-refractivity contribution in [2.75, 3.05) is 0 Å². The molecule has 2 atom stereocenters. The number of aliphatic imine (C=N–C) groups is 1. The Kier molecular flexibility index (Phi) is 4.30. The summed E-state index contributed by atoms with van der Waals surface area (Å²) in [5.41, 5.74) is -0.199. The average Bonchev–Trinajstić information content (AvgIpc) is 2.38. The SMILES string of the molecule is CC(C)C1N=C(c2ccccc2)S(=O)(=O)C(C(C)C)O1. The summed E-state index contributed by atoms with van der Waals surface area (Å²) in [5.74, 6) is 0.0147. The Bertz CT molecular complexity index is 591. The predicted molar refractivity (Wildman–Crippen MR) is 80.2 cm³/mol. The van der Waals surface area contributed by atoms with Crippen LogP contribution in [-0.4, -0.2) is 25.1 Å². The van der Waals surface area contributed by atoms with Gasteiger partial charge in [-0.05, 0) is 5.92 Å². The van der Waals surface area contributed by atoms with Crippen LogP contribution in [0, 0.1) is 11.8 Å². The first kappa shape index (κ1) is 15.2. The fraction of sp³-hybridized carbons (Fsp3) is 0.533. The standard InChI is InChI=1S/C15H21NO3S/c1-10(2)13-16-14(12-8-6-5-7-9-12)20(17,18)15(19-13)11(3)4/h5-11,13,15H,1-4H3. The molecule has 4 nitrogen and oxygen atoms in total. The van der Waals surface area contributed by atoms with E-state index in [4.69, 9.17) is 4.74 Å². The summed E-state index contributed by atoms with van der Waals surface area (Å²) in [6, 6.07) is 9.04. The van der Waals surface area contributed by atoms with Gasteiger partial charge in [-0.15, -0.1) is 0 Å². The molecule has 0 aliphatic carbocycles. The Balaban J connectivity index is 2.55. The third-order valence-electron chi connectivity index (χ3n) is 3.23. The van der Waals surface area contributed by atoms with E-state index in [2.05, 4.69) is 4.99 Å². The molecule has 0 aromatic heterocycles. The number of hydrogen-bond acceptors (Lipinski definition) is 4. The van der Waals surface area contributed by atoms with Crippen molar-refractivity contribution in [3.05, 3.63) is 35.9 Å². The van der Waals surface area contributed by atoms with Crippen LogP contribution >= 0.6 is 0 Å². The van der Waals surface area contributed by atoms with Crippen LogP contribution in [0.3, 0.4) is 0 Å². The van der Waals surface area contributed by atoms with Crippen LogP contribution in [-0.2, 0) is 14.6 Å². The predicted octanol–water partition coefficient (Wildman–Crippen LogP) is 2.84. The third-order valence-corrected chi connectivity index (χ3v) is 5.38. The monoisotopic (exact) mass is 295 g/mol. The second-order valence-corrected chi connectivity index (χ2v) is 7.67. The van der Waals surface area contributed by atoms with Crippen LogP contribution in [0.1, 0.15) is 33.3 Å². The minimum atomic E-state index is -3.56. The molecule has 1 aliphatic rings. The van der Waals surface area contributed by atoms with E-state index >= 15 is 0 Å². The molecule has 0 radical (unpaired) electrons. The van der Waals surface area contributed by atoms with Gasteiger partial charge in [0, 0.05) is 11.5 Å². The molecule has 20 heavy (non-hydrogen) atoms. The summed E-state index contributed by atoms with van der Waals surface area (Å²) in [6.07, 6.45) is -0.416. The second kappa shape index (κ2) is 5.66. The zero-order chi connectivity index (χ0) is 14.9. The van der Waals surface area contributed by atoms with Crippen LogP contribution in [0.2, 0.25) is 0 Å². The van der Waals surface area contributed by atoms with Crippen LogP contribution in [0.15, 0.2) is 35.3 Å². The smallest absolute Gasteiger partial charge is 0.223 e. The molecule has 0 saturated heterocycles. The van der Waals surface area contributed by atoms with Gasteiger partial charge in [0.1, 0.15) is 0 Å². The van der Waals surface area contributed by atoms with Crippen molar-refractivity contribution in [1.82, 2.24) is 0 Å². The van der Waals surface area contributed by atoms with Crippen LogP contribution in [0.5, 0.6) is 0 Å². The van der Waals surface area contributed by atoms with E-state index in [0.717, 1.165) is 0 Å². The maximum absolute atomic E-state index is 12.7. The summed E-state index contributed by atoms with van der Waals surface area (Å²) in [5, 5.41) is 0.154. The first-order chi connectivity index (χ1) is 9.34. The zero-order valence-corrected chi connectivity index (χ0v) is 13.1. The van der Waals surface area contributed by atoms with Gasteiger partial charge in [0.25, 0.3) is 0 Å². The molecule has 1 heterocycles. The molecule has 2 unspecified atom stereocenters. The van der Waals surface area contributed by atoms with E-state index in [1.165, 1.54) is 0 Å². The molecule has 1 aromatic rings. The lowest BCUT2D eigenvalue weighted by atomic mass is 10.1. The van der Waals surface area contributed by atoms with Crippen molar-refractivity contribution in [3.8, 4) is 0 Å². The Hall–Kier alpha value is -1.20. The van der Waals surface area contributed by atoms with Gasteiger partial charge in [-0.25, -0.2) is 13.4 Å². The molecule has 0 fully saturated rings. The van der Waals surface area contributed by atoms with E-state index < -0.39 is 21.5 Å². The number of benzene rings is 1. The fourth-order valence-corrected chi connectivity index (χ4v) is 4.09. The lowest BCUT2D eigenvalue weighted by molar-refractivity contribution is -0.0129. The molecular formula is C15H21NO3S. The largest absolute Gasteiger partial charge is 0.336 e. The van der Waals surface area contributed by atoms with Gasteiger partial charge in [0.15, 0.2) is 16.7 Å². The number of rotatable bonds is 3. The van der Waals surface area contributed by atoms with Gasteiger partial charge < -0.3 is 4.74 Å². The molecule has 5 heteroatoms. The second-order valence-electron chi connectivity index (χ2n) is 5.73. The van der Waals surface area contributed by atoms with Gasteiger partial charge >= 0.3 is 0 Å². The highest BCUT2D eigenvalue weighted by molar-refractivity contribution is 8.07. The highest BCUT2D eigenvalue weighted by Gasteiger charge is 2.41. The summed E-state index contributed by atoms with van der Waals surface area (Å²) in [7, 11) is -3.56. The molecule has 0 spiro atoms. The molecule has 110 valence electrons. The van der Waals surface area contributed by atoms with Gasteiger partial charge in [0.2, 0.25) is 9.84 Å². The quantitative estimate of drug-likeness (QED) is 0.861. The number of ether oxygens (including phenoxy) is 1. The summed E-state index contributed by atoms with van der Waals surface area (Å²) >= 11 is 0. The van der Waals surface area contributed by atoms with Gasteiger partial charge in [-0.1, -0.05) is 58.0 Å². The summed E-state index contributed by atoms with van der Waals surface area (Å²) in [4.78, 5) is 4.34. The number of nitrogens with zero attached hydrogens (tertiary/aromatic N) is 1. The van der Waals surface area contributed by atoms with Crippen LogP contribution in [0.25, 0.3) is 0 Å². The van der Waals surface area contributed by atoms with E-state index in [-0.39, 0.29) is 16.9 Å². The normalized spacial score (nSPS) is 25.8. The first-order valence-electron chi connectivity index (χ1n) is 6.86. The van der Waals surface area contributed by atoms with Gasteiger partial charge in [-0.2, -0.15) is 0 Å². The van der Waals surface area contributed by atoms with Crippen LogP contribution in [0.4, 0.5) is 0 Å². The minimum Gasteiger partial charge on any atom is -0.336 e. The number of hydrogen-bond donors (Lipinski definition) is 0. The lowest BCUT2D eigenvalue weighted by Gasteiger charge is -2.32. The highest BCUT2D eigenvalue weighted by atomic mass is 32.2. The lowest BCUT2D eigenvalue weighted by Crippen LogP contribution is -2.44. The molecule has 0 bridgehead atoms. The first-order valence-corrected chi connectivity index (χ1v) is 8.41. The Morgan fingerprint density at radius 3 is 2.15 bits per heavy atom. The molecule has 0 saturated carbocycles. The average molecular weight is 295 g/mol. The highest BCUT2D eigenvalue weighted by Crippen LogP contribution is 2.29. The minimum absolute atomic E-state index is 0.115. The van der Waals surface area contributed by atoms with E-state index in [0.29, 0.717) is 5.56 Å². The zero-order valence-electron chi connectivity index (χ0n) is 12.3. The van der Waals surface area contributed by atoms with Crippen molar-refractivity contribution >= 4 is 14.9 Å². The Morgan fingerprint density at radius 1 is 1.05 bits per heavy atom. The van der Waals surface area contributed by atoms with Crippen LogP contribution < -0.4 is 0 Å². The molecule has 2 rings (SSSR count). The summed E-state index contributed by atoms with van der Waals surface area (Å²) < 4.78 is 31.0. The molecule has 0 N–H and O–H groups in total. The van der Waals surface area contributed by atoms with Crippen molar-refractivity contribution in [2.24, 2.45) is 16.8 Å². The van der Waals surface area contributed by atoms with Crippen molar-refractivity contribution < 1.29 is 13.2 Å². The maximum atomic E-state index is 12.7. The van der Waals surface area contributed by atoms with E-state index in [1.54, 1.807) is 12.1 Å². The fourth-order valence-electron chi connectivity index (χ4n) is 2.18. The topological polar surface area (TPSA) is 55.7 Å². The van der Waals surface area contributed by atoms with E-state index in [9.17, 15) is 8.42 Å². The van der Waals surface area contributed by atoms with Crippen molar-refractivity contribution in [1.29, 1.82) is 0 Å². The molecule has 1 aromatic carbocycles. The molecule has 1 aliphatic heterocycles. The Labute approximate surface area is 120 Å². The number of sulfone groups is 1. The Morgan fingerprint density at radius 2 is 1.65 bits per heavy atom.